The molecule has 2 unspecified atom stereocenters. The van der Waals surface area contributed by atoms with Gasteiger partial charge in [-0.05, 0) is 30.9 Å². The van der Waals surface area contributed by atoms with Crippen LogP contribution >= 0.6 is 11.8 Å². The first-order valence-electron chi connectivity index (χ1n) is 6.45. The maximum atomic E-state index is 10.9. The molecule has 100 valence electrons. The molecule has 0 aliphatic heterocycles. The van der Waals surface area contributed by atoms with Crippen molar-refractivity contribution in [2.24, 2.45) is 5.92 Å². The predicted molar refractivity (Wildman–Crippen MR) is 75.1 cm³/mol. The van der Waals surface area contributed by atoms with Gasteiger partial charge in [0, 0.05) is 16.2 Å². The molecule has 1 aromatic carbocycles. The first kappa shape index (κ1) is 13.9. The van der Waals surface area contributed by atoms with E-state index in [0.717, 1.165) is 10.8 Å². The number of nitro benzene ring substituents is 1. The molecule has 19 heavy (non-hydrogen) atoms. The number of nitro groups is 1. The van der Waals surface area contributed by atoms with Crippen LogP contribution in [0.3, 0.4) is 0 Å². The number of benzene rings is 1. The quantitative estimate of drug-likeness (QED) is 0.614. The molecule has 1 aromatic rings. The van der Waals surface area contributed by atoms with Crippen LogP contribution in [0.4, 0.5) is 5.69 Å². The molecule has 5 heteroatoms. The van der Waals surface area contributed by atoms with E-state index >= 15 is 0 Å². The Hall–Kier alpha value is -1.54. The molecule has 1 saturated carbocycles. The lowest BCUT2D eigenvalue weighted by Gasteiger charge is -2.26. The van der Waals surface area contributed by atoms with Gasteiger partial charge in [0.25, 0.3) is 5.69 Å². The van der Waals surface area contributed by atoms with E-state index in [2.05, 4.69) is 6.92 Å². The first-order chi connectivity index (χ1) is 9.10. The number of nitriles is 1. The summed E-state index contributed by atoms with van der Waals surface area (Å²) in [4.78, 5) is 11.3. The predicted octanol–water partition coefficient (Wildman–Crippen LogP) is 4.14. The lowest BCUT2D eigenvalue weighted by Crippen LogP contribution is -2.14. The zero-order valence-corrected chi connectivity index (χ0v) is 11.7. The van der Waals surface area contributed by atoms with Crippen molar-refractivity contribution in [2.45, 2.75) is 42.8 Å². The lowest BCUT2D eigenvalue weighted by atomic mass is 9.91. The van der Waals surface area contributed by atoms with Crippen LogP contribution in [0.2, 0.25) is 0 Å². The normalized spacial score (nSPS) is 22.7. The van der Waals surface area contributed by atoms with Gasteiger partial charge in [-0.1, -0.05) is 19.8 Å². The monoisotopic (exact) mass is 276 g/mol. The van der Waals surface area contributed by atoms with Gasteiger partial charge in [0.2, 0.25) is 0 Å². The summed E-state index contributed by atoms with van der Waals surface area (Å²) < 4.78 is 0. The van der Waals surface area contributed by atoms with Gasteiger partial charge in [-0.3, -0.25) is 10.1 Å². The molecule has 1 aliphatic carbocycles. The topological polar surface area (TPSA) is 66.9 Å². The zero-order chi connectivity index (χ0) is 13.8. The molecule has 4 nitrogen and oxygen atoms in total. The van der Waals surface area contributed by atoms with Crippen molar-refractivity contribution in [2.75, 3.05) is 0 Å². The number of hydrogen-bond donors (Lipinski definition) is 0. The molecule has 0 heterocycles. The summed E-state index contributed by atoms with van der Waals surface area (Å²) in [6.07, 6.45) is 4.85. The summed E-state index contributed by atoms with van der Waals surface area (Å²) in [5.41, 5.74) is 0.0442. The van der Waals surface area contributed by atoms with Gasteiger partial charge >= 0.3 is 0 Å². The molecular formula is C14H16N2O2S. The molecular weight excluding hydrogens is 260 g/mol. The summed E-state index contributed by atoms with van der Waals surface area (Å²) in [5, 5.41) is 20.3. The highest BCUT2D eigenvalue weighted by molar-refractivity contribution is 8.00. The van der Waals surface area contributed by atoms with Crippen molar-refractivity contribution in [1.29, 1.82) is 5.26 Å². The Kier molecular flexibility index (Phi) is 4.43. The second-order valence-corrected chi connectivity index (χ2v) is 6.43. The van der Waals surface area contributed by atoms with Crippen LogP contribution in [-0.2, 0) is 0 Å². The van der Waals surface area contributed by atoms with Crippen LogP contribution in [0.15, 0.2) is 23.1 Å². The minimum Gasteiger partial charge on any atom is -0.258 e. The van der Waals surface area contributed by atoms with Gasteiger partial charge < -0.3 is 0 Å². The summed E-state index contributed by atoms with van der Waals surface area (Å²) in [7, 11) is 0. The van der Waals surface area contributed by atoms with Crippen molar-refractivity contribution in [1.82, 2.24) is 0 Å². The van der Waals surface area contributed by atoms with Crippen LogP contribution in [0.25, 0.3) is 0 Å². The average molecular weight is 276 g/mol. The third kappa shape index (κ3) is 3.48. The number of hydrogen-bond acceptors (Lipinski definition) is 4. The molecule has 1 aliphatic rings. The van der Waals surface area contributed by atoms with E-state index < -0.39 is 4.92 Å². The van der Waals surface area contributed by atoms with E-state index in [9.17, 15) is 10.1 Å². The molecule has 2 atom stereocenters. The van der Waals surface area contributed by atoms with E-state index in [0.29, 0.717) is 5.25 Å². The molecule has 0 spiro atoms. The van der Waals surface area contributed by atoms with Gasteiger partial charge in [0.15, 0.2) is 0 Å². The van der Waals surface area contributed by atoms with Crippen molar-refractivity contribution in [3.05, 3.63) is 33.9 Å². The Morgan fingerprint density at radius 1 is 1.47 bits per heavy atom. The van der Waals surface area contributed by atoms with Crippen LogP contribution in [-0.4, -0.2) is 10.2 Å². The summed E-state index contributed by atoms with van der Waals surface area (Å²) in [5.74, 6) is 0.736. The van der Waals surface area contributed by atoms with Gasteiger partial charge in [0.05, 0.1) is 4.92 Å². The Balaban J connectivity index is 2.15. The van der Waals surface area contributed by atoms with E-state index in [1.165, 1.54) is 31.7 Å². The average Bonchev–Trinajstić information content (AvgIpc) is 2.38. The van der Waals surface area contributed by atoms with Crippen molar-refractivity contribution in [3.63, 3.8) is 0 Å². The fourth-order valence-corrected chi connectivity index (χ4v) is 3.93. The van der Waals surface area contributed by atoms with Gasteiger partial charge in [-0.25, -0.2) is 0 Å². The molecule has 2 rings (SSSR count). The fourth-order valence-electron chi connectivity index (χ4n) is 2.51. The zero-order valence-electron chi connectivity index (χ0n) is 10.8. The molecule has 0 aromatic heterocycles. The van der Waals surface area contributed by atoms with Gasteiger partial charge in [-0.2, -0.15) is 5.26 Å². The highest BCUT2D eigenvalue weighted by Crippen LogP contribution is 2.37. The van der Waals surface area contributed by atoms with E-state index in [1.54, 1.807) is 17.8 Å². The van der Waals surface area contributed by atoms with E-state index in [4.69, 9.17) is 5.26 Å². The second kappa shape index (κ2) is 6.07. The van der Waals surface area contributed by atoms with E-state index in [-0.39, 0.29) is 11.3 Å². The number of thioether (sulfide) groups is 1. The lowest BCUT2D eigenvalue weighted by molar-refractivity contribution is -0.385. The number of nitrogens with zero attached hydrogens (tertiary/aromatic N) is 2. The van der Waals surface area contributed by atoms with Gasteiger partial charge in [-0.15, -0.1) is 11.8 Å². The SMILES string of the molecule is CC1CCCC(Sc2ccc(C#N)c([N+](=O)[O-])c2)C1. The van der Waals surface area contributed by atoms with Crippen LogP contribution in [0, 0.1) is 27.4 Å². The molecule has 1 fully saturated rings. The van der Waals surface area contributed by atoms with Crippen molar-refractivity contribution >= 4 is 17.4 Å². The van der Waals surface area contributed by atoms with E-state index in [1.807, 2.05) is 12.1 Å². The molecule has 0 N–H and O–H groups in total. The van der Waals surface area contributed by atoms with Crippen LogP contribution in [0.5, 0.6) is 0 Å². The Morgan fingerprint density at radius 2 is 2.26 bits per heavy atom. The highest BCUT2D eigenvalue weighted by atomic mass is 32.2. The molecule has 0 saturated heterocycles. The smallest absolute Gasteiger partial charge is 0.258 e. The Labute approximate surface area is 117 Å². The largest absolute Gasteiger partial charge is 0.288 e. The molecule has 0 bridgehead atoms. The van der Waals surface area contributed by atoms with Crippen LogP contribution in [0.1, 0.15) is 38.2 Å². The highest BCUT2D eigenvalue weighted by Gasteiger charge is 2.21. The van der Waals surface area contributed by atoms with Crippen LogP contribution < -0.4 is 0 Å². The summed E-state index contributed by atoms with van der Waals surface area (Å²) in [6.45, 7) is 2.26. The maximum Gasteiger partial charge on any atom is 0.288 e. The number of rotatable bonds is 3. The summed E-state index contributed by atoms with van der Waals surface area (Å²) >= 11 is 1.71. The molecule has 0 radical (unpaired) electrons. The minimum atomic E-state index is -0.480. The third-order valence-electron chi connectivity index (χ3n) is 3.48. The first-order valence-corrected chi connectivity index (χ1v) is 7.33. The van der Waals surface area contributed by atoms with Crippen molar-refractivity contribution in [3.8, 4) is 6.07 Å². The van der Waals surface area contributed by atoms with Crippen molar-refractivity contribution < 1.29 is 4.92 Å². The Bertz CT molecular complexity index is 525. The fraction of sp³-hybridized carbons (Fsp3) is 0.500. The van der Waals surface area contributed by atoms with Gasteiger partial charge in [0.1, 0.15) is 11.6 Å². The standard InChI is InChI=1S/C14H16N2O2S/c1-10-3-2-4-12(7-10)19-13-6-5-11(9-15)14(8-13)16(17)18/h5-6,8,10,12H,2-4,7H2,1H3. The second-order valence-electron chi connectivity index (χ2n) is 5.06. The minimum absolute atomic E-state index is 0.0867. The maximum absolute atomic E-state index is 10.9. The molecule has 0 amide bonds. The Morgan fingerprint density at radius 3 is 2.89 bits per heavy atom. The third-order valence-corrected chi connectivity index (χ3v) is 4.76. The summed E-state index contributed by atoms with van der Waals surface area (Å²) in [6, 6.07) is 6.76.